The number of imidazole rings is 1. The molecule has 2 N–H and O–H groups in total. The van der Waals surface area contributed by atoms with Crippen molar-refractivity contribution < 1.29 is 4.79 Å². The largest absolute Gasteiger partial charge is 0.345 e. The van der Waals surface area contributed by atoms with Crippen LogP contribution >= 0.6 is 0 Å². The zero-order valence-corrected chi connectivity index (χ0v) is 10.5. The smallest absolute Gasteiger partial charge is 0.295 e. The predicted molar refractivity (Wildman–Crippen MR) is 71.0 cm³/mol. The molecule has 1 heterocycles. The molecule has 1 amide bonds. The Balaban J connectivity index is 1.99. The van der Waals surface area contributed by atoms with Gasteiger partial charge in [0.25, 0.3) is 5.91 Å². The van der Waals surface area contributed by atoms with Crippen molar-refractivity contribution in [2.45, 2.75) is 20.3 Å². The highest BCUT2D eigenvalue weighted by molar-refractivity contribution is 5.93. The average molecular weight is 241 g/mol. The van der Waals surface area contributed by atoms with Crippen molar-refractivity contribution in [1.82, 2.24) is 15.3 Å². The Labute approximate surface area is 106 Å². The molecule has 0 atom stereocenters. The summed E-state index contributed by atoms with van der Waals surface area (Å²) in [6.45, 7) is 4.22. The first kappa shape index (κ1) is 12.2. The Kier molecular flexibility index (Phi) is 3.63. The second kappa shape index (κ2) is 5.37. The third-order valence-electron chi connectivity index (χ3n) is 2.57. The molecule has 2 aromatic rings. The molecule has 0 aliphatic heterocycles. The van der Waals surface area contributed by atoms with E-state index in [1.54, 1.807) is 6.92 Å². The molecule has 18 heavy (non-hydrogen) atoms. The van der Waals surface area contributed by atoms with E-state index < -0.39 is 0 Å². The number of fused-ring (bicyclic) bond motifs is 1. The minimum Gasteiger partial charge on any atom is -0.345 e. The minimum atomic E-state index is -0.246. The van der Waals surface area contributed by atoms with E-state index in [4.69, 9.17) is 0 Å². The molecule has 0 aliphatic carbocycles. The van der Waals surface area contributed by atoms with Gasteiger partial charge in [-0.25, -0.2) is 4.98 Å². The van der Waals surface area contributed by atoms with Gasteiger partial charge in [0, 0.05) is 13.0 Å². The zero-order valence-electron chi connectivity index (χ0n) is 10.5. The summed E-state index contributed by atoms with van der Waals surface area (Å²) >= 11 is 0. The summed E-state index contributed by atoms with van der Waals surface area (Å²) in [6.07, 6.45) is 0.671. The number of benzene rings is 1. The summed E-state index contributed by atoms with van der Waals surface area (Å²) in [7, 11) is 0. The highest BCUT2D eigenvalue weighted by Crippen LogP contribution is 2.13. The summed E-state index contributed by atoms with van der Waals surface area (Å²) in [5.74, 6) is 5.62. The van der Waals surface area contributed by atoms with Crippen molar-refractivity contribution in [3.05, 3.63) is 29.6 Å². The maximum Gasteiger partial charge on any atom is 0.295 e. The van der Waals surface area contributed by atoms with Crippen molar-refractivity contribution in [1.29, 1.82) is 0 Å². The normalized spacial score (nSPS) is 9.89. The molecule has 0 spiro atoms. The molecule has 0 fully saturated rings. The van der Waals surface area contributed by atoms with Crippen molar-refractivity contribution in [3.8, 4) is 11.8 Å². The van der Waals surface area contributed by atoms with E-state index in [2.05, 4.69) is 33.2 Å². The highest BCUT2D eigenvalue weighted by atomic mass is 16.1. The Hall–Kier alpha value is -2.28. The minimum absolute atomic E-state index is 0.246. The van der Waals surface area contributed by atoms with Gasteiger partial charge in [0.1, 0.15) is 5.82 Å². The van der Waals surface area contributed by atoms with Gasteiger partial charge in [-0.05, 0) is 37.5 Å². The first-order valence-corrected chi connectivity index (χ1v) is 5.85. The van der Waals surface area contributed by atoms with Crippen LogP contribution in [-0.2, 0) is 11.2 Å². The van der Waals surface area contributed by atoms with E-state index in [1.165, 1.54) is 5.56 Å². The van der Waals surface area contributed by atoms with Gasteiger partial charge in [-0.1, -0.05) is 12.0 Å². The average Bonchev–Trinajstić information content (AvgIpc) is 2.71. The molecule has 0 saturated heterocycles. The highest BCUT2D eigenvalue weighted by Gasteiger charge is 2.03. The molecule has 0 saturated carbocycles. The van der Waals surface area contributed by atoms with Crippen molar-refractivity contribution >= 4 is 16.9 Å². The lowest BCUT2D eigenvalue weighted by atomic mass is 10.2. The number of carbonyl (C=O) groups excluding carboxylic acids is 1. The van der Waals surface area contributed by atoms with Crippen molar-refractivity contribution in [2.75, 3.05) is 6.54 Å². The van der Waals surface area contributed by atoms with Crippen LogP contribution < -0.4 is 5.32 Å². The zero-order chi connectivity index (χ0) is 13.0. The molecule has 0 radical (unpaired) electrons. The maximum atomic E-state index is 11.1. The molecule has 4 heteroatoms. The molecular formula is C14H15N3O. The SMILES string of the molecule is CC#CC(=O)NCCc1nc2ccc(C)cc2[nH]1. The summed E-state index contributed by atoms with van der Waals surface area (Å²) < 4.78 is 0. The van der Waals surface area contributed by atoms with Crippen LogP contribution in [-0.4, -0.2) is 22.4 Å². The van der Waals surface area contributed by atoms with Crippen LogP contribution in [0.2, 0.25) is 0 Å². The third kappa shape index (κ3) is 2.89. The van der Waals surface area contributed by atoms with Gasteiger partial charge in [0.15, 0.2) is 0 Å². The van der Waals surface area contributed by atoms with Crippen LogP contribution in [0.3, 0.4) is 0 Å². The van der Waals surface area contributed by atoms with Gasteiger partial charge >= 0.3 is 0 Å². The van der Waals surface area contributed by atoms with E-state index in [0.29, 0.717) is 13.0 Å². The van der Waals surface area contributed by atoms with Gasteiger partial charge in [-0.3, -0.25) is 4.79 Å². The fraction of sp³-hybridized carbons (Fsp3) is 0.286. The Morgan fingerprint density at radius 2 is 2.33 bits per heavy atom. The molecular weight excluding hydrogens is 226 g/mol. The predicted octanol–water partition coefficient (Wildman–Crippen LogP) is 1.55. The molecule has 0 unspecified atom stereocenters. The number of amides is 1. The van der Waals surface area contributed by atoms with Gasteiger partial charge < -0.3 is 10.3 Å². The Morgan fingerprint density at radius 3 is 3.11 bits per heavy atom. The van der Waals surface area contributed by atoms with E-state index >= 15 is 0 Å². The number of nitrogens with zero attached hydrogens (tertiary/aromatic N) is 1. The molecule has 2 rings (SSSR count). The summed E-state index contributed by atoms with van der Waals surface area (Å²) in [4.78, 5) is 18.8. The quantitative estimate of drug-likeness (QED) is 0.801. The number of aromatic amines is 1. The maximum absolute atomic E-state index is 11.1. The molecule has 1 aromatic carbocycles. The lowest BCUT2D eigenvalue weighted by molar-refractivity contribution is -0.115. The van der Waals surface area contributed by atoms with E-state index in [1.807, 2.05) is 19.1 Å². The summed E-state index contributed by atoms with van der Waals surface area (Å²) in [6, 6.07) is 6.09. The van der Waals surface area contributed by atoms with Gasteiger partial charge in [-0.15, -0.1) is 0 Å². The van der Waals surface area contributed by atoms with Crippen LogP contribution in [0, 0.1) is 18.8 Å². The second-order valence-corrected chi connectivity index (χ2v) is 4.09. The topological polar surface area (TPSA) is 57.8 Å². The first-order valence-electron chi connectivity index (χ1n) is 5.85. The number of nitrogens with one attached hydrogen (secondary N) is 2. The lowest BCUT2D eigenvalue weighted by Crippen LogP contribution is -2.24. The van der Waals surface area contributed by atoms with Crippen LogP contribution in [0.15, 0.2) is 18.2 Å². The van der Waals surface area contributed by atoms with Gasteiger partial charge in [0.05, 0.1) is 11.0 Å². The van der Waals surface area contributed by atoms with Gasteiger partial charge in [0.2, 0.25) is 0 Å². The van der Waals surface area contributed by atoms with Crippen LogP contribution in [0.25, 0.3) is 11.0 Å². The number of carbonyl (C=O) groups is 1. The van der Waals surface area contributed by atoms with Gasteiger partial charge in [-0.2, -0.15) is 0 Å². The number of rotatable bonds is 3. The fourth-order valence-electron chi connectivity index (χ4n) is 1.75. The number of H-pyrrole nitrogens is 1. The standard InChI is InChI=1S/C14H15N3O/c1-3-4-14(18)15-8-7-13-16-11-6-5-10(2)9-12(11)17-13/h5-6,9H,7-8H2,1-2H3,(H,15,18)(H,16,17). The number of aromatic nitrogens is 2. The molecule has 0 aliphatic rings. The van der Waals surface area contributed by atoms with E-state index in [0.717, 1.165) is 16.9 Å². The second-order valence-electron chi connectivity index (χ2n) is 4.09. The Bertz CT molecular complexity index is 631. The molecule has 4 nitrogen and oxygen atoms in total. The molecule has 92 valence electrons. The summed E-state index contributed by atoms with van der Waals surface area (Å²) in [5, 5.41) is 2.72. The monoisotopic (exact) mass is 241 g/mol. The third-order valence-corrected chi connectivity index (χ3v) is 2.57. The molecule has 0 bridgehead atoms. The van der Waals surface area contributed by atoms with Crippen LogP contribution in [0.1, 0.15) is 18.3 Å². The fourth-order valence-corrected chi connectivity index (χ4v) is 1.75. The van der Waals surface area contributed by atoms with E-state index in [-0.39, 0.29) is 5.91 Å². The lowest BCUT2D eigenvalue weighted by Gasteiger charge is -1.97. The number of hydrogen-bond acceptors (Lipinski definition) is 2. The first-order chi connectivity index (χ1) is 8.69. The summed E-state index contributed by atoms with van der Waals surface area (Å²) in [5.41, 5.74) is 3.18. The van der Waals surface area contributed by atoms with Crippen LogP contribution in [0.4, 0.5) is 0 Å². The van der Waals surface area contributed by atoms with E-state index in [9.17, 15) is 4.79 Å². The molecule has 1 aromatic heterocycles. The number of hydrogen-bond donors (Lipinski definition) is 2. The van der Waals surface area contributed by atoms with Crippen LogP contribution in [0.5, 0.6) is 0 Å². The van der Waals surface area contributed by atoms with Crippen molar-refractivity contribution in [3.63, 3.8) is 0 Å². The van der Waals surface area contributed by atoms with Crippen molar-refractivity contribution in [2.24, 2.45) is 0 Å². The Morgan fingerprint density at radius 1 is 1.50 bits per heavy atom. The number of aryl methyl sites for hydroxylation is 1.